The van der Waals surface area contributed by atoms with Gasteiger partial charge in [-0.15, -0.1) is 0 Å². The van der Waals surface area contributed by atoms with Crippen molar-refractivity contribution in [2.24, 2.45) is 0 Å². The Morgan fingerprint density at radius 3 is 2.44 bits per heavy atom. The van der Waals surface area contributed by atoms with Crippen molar-refractivity contribution in [2.75, 3.05) is 32.7 Å². The SMILES string of the molecule is CCC[N+]1(Cc2ccccc2)CCNCC1. The molecule has 2 rings (SSSR count). The van der Waals surface area contributed by atoms with Gasteiger partial charge in [0.1, 0.15) is 6.54 Å². The summed E-state index contributed by atoms with van der Waals surface area (Å²) in [6.07, 6.45) is 1.28. The van der Waals surface area contributed by atoms with E-state index < -0.39 is 0 Å². The van der Waals surface area contributed by atoms with Gasteiger partial charge in [0.15, 0.2) is 0 Å². The Labute approximate surface area is 98.9 Å². The van der Waals surface area contributed by atoms with Gasteiger partial charge >= 0.3 is 0 Å². The summed E-state index contributed by atoms with van der Waals surface area (Å²) in [7, 11) is 0. The minimum Gasteiger partial charge on any atom is -0.318 e. The van der Waals surface area contributed by atoms with Crippen molar-refractivity contribution in [1.29, 1.82) is 0 Å². The first kappa shape index (κ1) is 11.6. The number of nitrogens with zero attached hydrogens (tertiary/aromatic N) is 1. The van der Waals surface area contributed by atoms with E-state index in [-0.39, 0.29) is 0 Å². The van der Waals surface area contributed by atoms with E-state index in [1.807, 2.05) is 0 Å². The maximum atomic E-state index is 3.47. The number of benzene rings is 1. The Hall–Kier alpha value is -0.860. The first-order valence-electron chi connectivity index (χ1n) is 6.44. The quantitative estimate of drug-likeness (QED) is 0.764. The molecule has 1 aliphatic heterocycles. The molecule has 1 fully saturated rings. The fourth-order valence-electron chi connectivity index (χ4n) is 2.78. The van der Waals surface area contributed by atoms with Gasteiger partial charge in [-0.05, 0) is 6.42 Å². The summed E-state index contributed by atoms with van der Waals surface area (Å²) in [4.78, 5) is 0. The Bertz CT molecular complexity index is 296. The molecular weight excluding hydrogens is 196 g/mol. The Morgan fingerprint density at radius 1 is 1.12 bits per heavy atom. The third-order valence-electron chi connectivity index (χ3n) is 3.58. The summed E-state index contributed by atoms with van der Waals surface area (Å²) >= 11 is 0. The number of rotatable bonds is 4. The van der Waals surface area contributed by atoms with Gasteiger partial charge in [0.25, 0.3) is 0 Å². The van der Waals surface area contributed by atoms with Crippen molar-refractivity contribution in [3.8, 4) is 0 Å². The second kappa shape index (κ2) is 5.46. The minimum absolute atomic E-state index is 1.17. The molecule has 1 aromatic carbocycles. The molecule has 1 saturated heterocycles. The van der Waals surface area contributed by atoms with Crippen molar-refractivity contribution in [3.63, 3.8) is 0 Å². The zero-order chi connectivity index (χ0) is 11.3. The molecule has 0 radical (unpaired) electrons. The zero-order valence-corrected chi connectivity index (χ0v) is 10.3. The lowest BCUT2D eigenvalue weighted by Gasteiger charge is -2.41. The van der Waals surface area contributed by atoms with Crippen LogP contribution in [0.5, 0.6) is 0 Å². The van der Waals surface area contributed by atoms with Crippen molar-refractivity contribution in [3.05, 3.63) is 35.9 Å². The monoisotopic (exact) mass is 219 g/mol. The van der Waals surface area contributed by atoms with E-state index in [9.17, 15) is 0 Å². The molecule has 1 heterocycles. The predicted molar refractivity (Wildman–Crippen MR) is 68.2 cm³/mol. The second-order valence-corrected chi connectivity index (χ2v) is 4.91. The minimum atomic E-state index is 1.17. The molecule has 16 heavy (non-hydrogen) atoms. The zero-order valence-electron chi connectivity index (χ0n) is 10.3. The smallest absolute Gasteiger partial charge is 0.104 e. The first-order valence-corrected chi connectivity index (χ1v) is 6.44. The number of hydrogen-bond donors (Lipinski definition) is 1. The van der Waals surface area contributed by atoms with Gasteiger partial charge in [-0.3, -0.25) is 0 Å². The third kappa shape index (κ3) is 2.83. The van der Waals surface area contributed by atoms with Crippen LogP contribution in [-0.2, 0) is 6.54 Å². The van der Waals surface area contributed by atoms with E-state index in [2.05, 4.69) is 42.6 Å². The van der Waals surface area contributed by atoms with Gasteiger partial charge < -0.3 is 9.80 Å². The van der Waals surface area contributed by atoms with E-state index >= 15 is 0 Å². The van der Waals surface area contributed by atoms with Gasteiger partial charge in [0.2, 0.25) is 0 Å². The fraction of sp³-hybridized carbons (Fsp3) is 0.571. The average Bonchev–Trinajstić information content (AvgIpc) is 2.31. The van der Waals surface area contributed by atoms with Crippen molar-refractivity contribution < 1.29 is 4.48 Å². The maximum absolute atomic E-state index is 3.47. The molecule has 0 atom stereocenters. The van der Waals surface area contributed by atoms with Crippen LogP contribution in [0.2, 0.25) is 0 Å². The topological polar surface area (TPSA) is 12.0 Å². The van der Waals surface area contributed by atoms with Crippen LogP contribution < -0.4 is 5.32 Å². The Morgan fingerprint density at radius 2 is 1.81 bits per heavy atom. The highest BCUT2D eigenvalue weighted by Crippen LogP contribution is 2.16. The van der Waals surface area contributed by atoms with Gasteiger partial charge in [-0.1, -0.05) is 37.3 Å². The van der Waals surface area contributed by atoms with Gasteiger partial charge in [0.05, 0.1) is 19.6 Å². The Balaban J connectivity index is 2.07. The van der Waals surface area contributed by atoms with Crippen LogP contribution in [-0.4, -0.2) is 37.2 Å². The summed E-state index contributed by atoms with van der Waals surface area (Å²) in [6.45, 7) is 9.73. The number of nitrogens with one attached hydrogen (secondary N) is 1. The highest BCUT2D eigenvalue weighted by Gasteiger charge is 2.28. The van der Waals surface area contributed by atoms with Crippen LogP contribution >= 0.6 is 0 Å². The summed E-state index contributed by atoms with van der Waals surface area (Å²) in [5, 5.41) is 3.47. The van der Waals surface area contributed by atoms with E-state index in [4.69, 9.17) is 0 Å². The van der Waals surface area contributed by atoms with Crippen LogP contribution in [0.25, 0.3) is 0 Å². The molecule has 1 N–H and O–H groups in total. The normalized spacial score (nSPS) is 19.6. The van der Waals surface area contributed by atoms with Crippen molar-refractivity contribution in [1.82, 2.24) is 5.32 Å². The van der Waals surface area contributed by atoms with E-state index in [1.54, 1.807) is 0 Å². The molecule has 2 nitrogen and oxygen atoms in total. The third-order valence-corrected chi connectivity index (χ3v) is 3.58. The first-order chi connectivity index (χ1) is 7.85. The van der Waals surface area contributed by atoms with Crippen LogP contribution in [0.3, 0.4) is 0 Å². The molecule has 0 amide bonds. The summed E-state index contributed by atoms with van der Waals surface area (Å²) < 4.78 is 1.27. The largest absolute Gasteiger partial charge is 0.318 e. The van der Waals surface area contributed by atoms with Gasteiger partial charge in [0, 0.05) is 18.7 Å². The van der Waals surface area contributed by atoms with Crippen molar-refractivity contribution in [2.45, 2.75) is 19.9 Å². The standard InChI is InChI=1S/C14H23N2/c1-2-10-16(11-8-15-9-12-16)13-14-6-4-3-5-7-14/h3-7,15H,2,8-13H2,1H3/q+1. The molecule has 1 aromatic rings. The van der Waals surface area contributed by atoms with Crippen LogP contribution in [0, 0.1) is 0 Å². The molecule has 0 unspecified atom stereocenters. The number of hydrogen-bond acceptors (Lipinski definition) is 1. The highest BCUT2D eigenvalue weighted by atomic mass is 15.4. The summed E-state index contributed by atoms with van der Waals surface area (Å²) in [5.41, 5.74) is 1.48. The number of piperazine rings is 1. The van der Waals surface area contributed by atoms with E-state index in [0.29, 0.717) is 0 Å². The molecule has 0 aromatic heterocycles. The average molecular weight is 219 g/mol. The number of quaternary nitrogens is 1. The lowest BCUT2D eigenvalue weighted by molar-refractivity contribution is -0.942. The van der Waals surface area contributed by atoms with Crippen molar-refractivity contribution >= 4 is 0 Å². The van der Waals surface area contributed by atoms with Crippen LogP contribution in [0.1, 0.15) is 18.9 Å². The van der Waals surface area contributed by atoms with Gasteiger partial charge in [-0.25, -0.2) is 0 Å². The Kier molecular flexibility index (Phi) is 3.97. The summed E-state index contributed by atoms with van der Waals surface area (Å²) in [6, 6.07) is 10.9. The molecule has 1 aliphatic rings. The molecule has 0 aliphatic carbocycles. The lowest BCUT2D eigenvalue weighted by atomic mass is 10.1. The highest BCUT2D eigenvalue weighted by molar-refractivity contribution is 5.13. The summed E-state index contributed by atoms with van der Waals surface area (Å²) in [5.74, 6) is 0. The van der Waals surface area contributed by atoms with Gasteiger partial charge in [-0.2, -0.15) is 0 Å². The molecule has 2 heteroatoms. The van der Waals surface area contributed by atoms with Crippen LogP contribution in [0.4, 0.5) is 0 Å². The maximum Gasteiger partial charge on any atom is 0.104 e. The lowest BCUT2D eigenvalue weighted by Crippen LogP contribution is -2.58. The molecule has 88 valence electrons. The predicted octanol–water partition coefficient (Wildman–Crippen LogP) is 2.02. The van der Waals surface area contributed by atoms with E-state index in [0.717, 1.165) is 0 Å². The molecule has 0 spiro atoms. The molecule has 0 bridgehead atoms. The van der Waals surface area contributed by atoms with Crippen LogP contribution in [0.15, 0.2) is 30.3 Å². The molecule has 0 saturated carbocycles. The fourth-order valence-corrected chi connectivity index (χ4v) is 2.78. The molecular formula is C14H23N2+. The second-order valence-electron chi connectivity index (χ2n) is 4.91. The van der Waals surface area contributed by atoms with E-state index in [1.165, 1.54) is 55.7 Å².